The average Bonchev–Trinajstić information content (AvgIpc) is 3.00. The van der Waals surface area contributed by atoms with Crippen LogP contribution in [-0.4, -0.2) is 35.5 Å². The lowest BCUT2D eigenvalue weighted by Crippen LogP contribution is -2.37. The zero-order valence-corrected chi connectivity index (χ0v) is 11.5. The van der Waals surface area contributed by atoms with E-state index in [0.717, 1.165) is 32.1 Å². The summed E-state index contributed by atoms with van der Waals surface area (Å²) in [5, 5.41) is 4.71. The molecule has 1 aliphatic rings. The van der Waals surface area contributed by atoms with Gasteiger partial charge in [-0.05, 0) is 36.9 Å². The van der Waals surface area contributed by atoms with Crippen LogP contribution in [0.4, 0.5) is 0 Å². The summed E-state index contributed by atoms with van der Waals surface area (Å²) in [6.45, 7) is 8.03. The standard InChI is InChI=1S/C15H20N4/c1-3-19-7-6-16-15(19)17-10-12-4-5-13-8-11(2)18-14(13)9-12/h4-5,8-9,18H,3,6-7,10H2,1-2H3,(H,16,17). The van der Waals surface area contributed by atoms with Crippen LogP contribution in [0.2, 0.25) is 0 Å². The lowest BCUT2D eigenvalue weighted by atomic mass is 10.1. The lowest BCUT2D eigenvalue weighted by molar-refractivity contribution is 0.466. The summed E-state index contributed by atoms with van der Waals surface area (Å²) in [6.07, 6.45) is 0. The molecule has 1 aromatic carbocycles. The third-order valence-electron chi connectivity index (χ3n) is 3.58. The molecule has 4 nitrogen and oxygen atoms in total. The van der Waals surface area contributed by atoms with E-state index in [4.69, 9.17) is 0 Å². The average molecular weight is 256 g/mol. The van der Waals surface area contributed by atoms with Gasteiger partial charge in [0.05, 0.1) is 6.54 Å². The minimum absolute atomic E-state index is 0.823. The van der Waals surface area contributed by atoms with Gasteiger partial charge in [0.25, 0.3) is 0 Å². The Morgan fingerprint density at radius 1 is 1.37 bits per heavy atom. The van der Waals surface area contributed by atoms with E-state index in [1.54, 1.807) is 0 Å². The smallest absolute Gasteiger partial charge is 0.194 e. The Labute approximate surface area is 113 Å². The summed E-state index contributed by atoms with van der Waals surface area (Å²) < 4.78 is 0. The highest BCUT2D eigenvalue weighted by atomic mass is 15.3. The van der Waals surface area contributed by atoms with Gasteiger partial charge >= 0.3 is 0 Å². The Balaban J connectivity index is 1.71. The van der Waals surface area contributed by atoms with Gasteiger partial charge in [-0.1, -0.05) is 12.1 Å². The molecule has 2 heterocycles. The van der Waals surface area contributed by atoms with Crippen molar-refractivity contribution in [2.24, 2.45) is 4.99 Å². The second-order valence-corrected chi connectivity index (χ2v) is 5.01. The Morgan fingerprint density at radius 3 is 3.11 bits per heavy atom. The van der Waals surface area contributed by atoms with E-state index in [1.165, 1.54) is 22.2 Å². The number of likely N-dealkylation sites (N-methyl/N-ethyl adjacent to an activating group) is 1. The largest absolute Gasteiger partial charge is 0.359 e. The zero-order valence-electron chi connectivity index (χ0n) is 11.5. The van der Waals surface area contributed by atoms with Crippen molar-refractivity contribution in [2.75, 3.05) is 19.6 Å². The maximum atomic E-state index is 4.49. The predicted molar refractivity (Wildman–Crippen MR) is 79.4 cm³/mol. The van der Waals surface area contributed by atoms with Crippen molar-refractivity contribution in [1.82, 2.24) is 15.2 Å². The number of guanidine groups is 1. The number of aryl methyl sites for hydroxylation is 1. The molecule has 0 amide bonds. The Bertz CT molecular complexity index is 612. The molecule has 0 saturated heterocycles. The Hall–Kier alpha value is -1.97. The number of aromatic nitrogens is 1. The minimum atomic E-state index is 0.823. The molecule has 0 atom stereocenters. The third kappa shape index (κ3) is 2.43. The predicted octanol–water partition coefficient (Wildman–Crippen LogP) is 2.26. The first-order chi connectivity index (χ1) is 9.26. The van der Waals surface area contributed by atoms with Crippen LogP contribution in [-0.2, 0) is 6.54 Å². The van der Waals surface area contributed by atoms with Crippen molar-refractivity contribution in [3.8, 4) is 0 Å². The van der Waals surface area contributed by atoms with Crippen LogP contribution in [0.25, 0.3) is 10.9 Å². The third-order valence-corrected chi connectivity index (χ3v) is 3.58. The highest BCUT2D eigenvalue weighted by molar-refractivity contribution is 5.82. The molecule has 3 rings (SSSR count). The van der Waals surface area contributed by atoms with Gasteiger partial charge in [0.1, 0.15) is 0 Å². The molecule has 0 spiro atoms. The molecule has 0 saturated carbocycles. The van der Waals surface area contributed by atoms with Crippen LogP contribution in [0.1, 0.15) is 18.2 Å². The summed E-state index contributed by atoms with van der Waals surface area (Å²) >= 11 is 0. The van der Waals surface area contributed by atoms with Crippen LogP contribution in [0.5, 0.6) is 0 Å². The lowest BCUT2D eigenvalue weighted by Gasteiger charge is -2.18. The van der Waals surface area contributed by atoms with Crippen molar-refractivity contribution in [3.63, 3.8) is 0 Å². The fraction of sp³-hybridized carbons (Fsp3) is 0.400. The number of fused-ring (bicyclic) bond motifs is 1. The first kappa shape index (κ1) is 12.1. The van der Waals surface area contributed by atoms with E-state index >= 15 is 0 Å². The van der Waals surface area contributed by atoms with Crippen LogP contribution >= 0.6 is 0 Å². The number of aromatic amines is 1. The number of benzene rings is 1. The Kier molecular flexibility index (Phi) is 3.15. The zero-order chi connectivity index (χ0) is 13.2. The van der Waals surface area contributed by atoms with E-state index in [-0.39, 0.29) is 0 Å². The Morgan fingerprint density at radius 2 is 2.26 bits per heavy atom. The second-order valence-electron chi connectivity index (χ2n) is 5.01. The molecular formula is C15H20N4. The molecule has 2 N–H and O–H groups in total. The van der Waals surface area contributed by atoms with Crippen molar-refractivity contribution in [1.29, 1.82) is 0 Å². The van der Waals surface area contributed by atoms with Crippen LogP contribution < -0.4 is 5.32 Å². The molecule has 0 unspecified atom stereocenters. The number of H-pyrrole nitrogens is 1. The second kappa shape index (κ2) is 4.96. The van der Waals surface area contributed by atoms with Crippen molar-refractivity contribution in [3.05, 3.63) is 35.5 Å². The summed E-state index contributed by atoms with van der Waals surface area (Å²) in [4.78, 5) is 10.1. The van der Waals surface area contributed by atoms with Crippen molar-refractivity contribution < 1.29 is 0 Å². The van der Waals surface area contributed by atoms with Gasteiger partial charge in [0.15, 0.2) is 5.96 Å². The highest BCUT2D eigenvalue weighted by Gasteiger charge is 2.14. The van der Waals surface area contributed by atoms with E-state index in [2.05, 4.69) is 58.3 Å². The molecule has 0 bridgehead atoms. The van der Waals surface area contributed by atoms with Crippen molar-refractivity contribution >= 4 is 16.9 Å². The number of rotatable bonds is 3. The van der Waals surface area contributed by atoms with Gasteiger partial charge in [0, 0.05) is 30.8 Å². The van der Waals surface area contributed by atoms with Gasteiger partial charge in [-0.15, -0.1) is 0 Å². The van der Waals surface area contributed by atoms with Crippen molar-refractivity contribution in [2.45, 2.75) is 20.4 Å². The summed E-state index contributed by atoms with van der Waals surface area (Å²) in [5.41, 5.74) is 3.69. The van der Waals surface area contributed by atoms with Gasteiger partial charge in [-0.3, -0.25) is 4.99 Å². The molecule has 19 heavy (non-hydrogen) atoms. The molecule has 2 aromatic rings. The SMILES string of the molecule is CCN1CCN=C1NCc1ccc2cc(C)[nH]c2c1. The van der Waals surface area contributed by atoms with Crippen LogP contribution in [0.15, 0.2) is 29.3 Å². The van der Waals surface area contributed by atoms with Gasteiger partial charge in [0.2, 0.25) is 0 Å². The fourth-order valence-electron chi connectivity index (χ4n) is 2.57. The van der Waals surface area contributed by atoms with E-state index in [1.807, 2.05) is 0 Å². The number of hydrogen-bond acceptors (Lipinski definition) is 3. The molecule has 1 aliphatic heterocycles. The number of aliphatic imine (C=N–C) groups is 1. The molecular weight excluding hydrogens is 236 g/mol. The summed E-state index contributed by atoms with van der Waals surface area (Å²) in [7, 11) is 0. The van der Waals surface area contributed by atoms with Gasteiger partial charge in [-0.2, -0.15) is 0 Å². The quantitative estimate of drug-likeness (QED) is 0.884. The monoisotopic (exact) mass is 256 g/mol. The first-order valence-corrected chi connectivity index (χ1v) is 6.88. The number of nitrogens with one attached hydrogen (secondary N) is 2. The molecule has 0 radical (unpaired) electrons. The van der Waals surface area contributed by atoms with E-state index in [9.17, 15) is 0 Å². The summed E-state index contributed by atoms with van der Waals surface area (Å²) in [5.74, 6) is 1.03. The number of nitrogens with zero attached hydrogens (tertiary/aromatic N) is 2. The molecule has 0 aliphatic carbocycles. The van der Waals surface area contributed by atoms with Gasteiger partial charge < -0.3 is 15.2 Å². The van der Waals surface area contributed by atoms with Gasteiger partial charge in [-0.25, -0.2) is 0 Å². The van der Waals surface area contributed by atoms with Crippen LogP contribution in [0.3, 0.4) is 0 Å². The van der Waals surface area contributed by atoms with Crippen LogP contribution in [0, 0.1) is 6.92 Å². The maximum Gasteiger partial charge on any atom is 0.194 e. The summed E-state index contributed by atoms with van der Waals surface area (Å²) in [6, 6.07) is 8.73. The number of hydrogen-bond donors (Lipinski definition) is 2. The molecule has 1 aromatic heterocycles. The van der Waals surface area contributed by atoms with E-state index < -0.39 is 0 Å². The fourth-order valence-corrected chi connectivity index (χ4v) is 2.57. The first-order valence-electron chi connectivity index (χ1n) is 6.88. The highest BCUT2D eigenvalue weighted by Crippen LogP contribution is 2.16. The molecule has 0 fully saturated rings. The van der Waals surface area contributed by atoms with E-state index in [0.29, 0.717) is 0 Å². The normalized spacial score (nSPS) is 15.1. The topological polar surface area (TPSA) is 43.4 Å². The minimum Gasteiger partial charge on any atom is -0.359 e. The maximum absolute atomic E-state index is 4.49. The molecule has 4 heteroatoms. The molecule has 100 valence electrons.